The Kier molecular flexibility index (Phi) is 5.30. The Morgan fingerprint density at radius 2 is 2.07 bits per heavy atom. The van der Waals surface area contributed by atoms with Crippen molar-refractivity contribution >= 4 is 17.6 Å². The van der Waals surface area contributed by atoms with Crippen molar-refractivity contribution in [3.63, 3.8) is 0 Å². The molecule has 6 nitrogen and oxygen atoms in total. The van der Waals surface area contributed by atoms with Gasteiger partial charge in [-0.3, -0.25) is 14.5 Å². The van der Waals surface area contributed by atoms with Crippen LogP contribution in [0.1, 0.15) is 48.3 Å². The average Bonchev–Trinajstić information content (AvgIpc) is 3.03. The summed E-state index contributed by atoms with van der Waals surface area (Å²) in [5.74, 6) is 1.19. The summed E-state index contributed by atoms with van der Waals surface area (Å²) < 4.78 is 14.0. The second-order valence-electron chi connectivity index (χ2n) is 7.84. The number of rotatable bonds is 4. The highest BCUT2D eigenvalue weighted by Crippen LogP contribution is 2.32. The van der Waals surface area contributed by atoms with Gasteiger partial charge in [0.05, 0.1) is 6.42 Å². The van der Waals surface area contributed by atoms with E-state index in [1.807, 2.05) is 11.8 Å². The zero-order valence-electron chi connectivity index (χ0n) is 16.8. The van der Waals surface area contributed by atoms with Gasteiger partial charge in [0.25, 0.3) is 0 Å². The molecule has 0 spiro atoms. The van der Waals surface area contributed by atoms with Gasteiger partial charge in [0.15, 0.2) is 0 Å². The maximum Gasteiger partial charge on any atom is 0.232 e. The molecular formula is C22H25FN4O2. The lowest BCUT2D eigenvalue weighted by Crippen LogP contribution is -2.38. The number of fused-ring (bicyclic) bond motifs is 1. The average molecular weight is 396 g/mol. The fourth-order valence-corrected chi connectivity index (χ4v) is 4.22. The van der Waals surface area contributed by atoms with Gasteiger partial charge >= 0.3 is 0 Å². The summed E-state index contributed by atoms with van der Waals surface area (Å²) in [7, 11) is 0. The number of likely N-dealkylation sites (tertiary alicyclic amines) is 1. The number of carbonyl (C=O) groups excluding carboxylic acids is 2. The summed E-state index contributed by atoms with van der Waals surface area (Å²) in [6.07, 6.45) is 2.55. The number of nitrogens with zero attached hydrogens (tertiary/aromatic N) is 4. The number of hydrogen-bond acceptors (Lipinski definition) is 4. The standard InChI is InChI=1S/C22H25FN4O2/c1-14-18-12-20(29)27(11-9-16-6-3-4-8-19(16)23)22(18)25-21(24-14)17-7-5-10-26(13-17)15(2)28/h3-4,6,8,17H,5,7,9-13H2,1-2H3/t17-/m0/s1. The molecule has 7 heteroatoms. The molecule has 1 aromatic heterocycles. The van der Waals surface area contributed by atoms with Crippen LogP contribution in [-0.2, 0) is 22.4 Å². The monoisotopic (exact) mass is 396 g/mol. The van der Waals surface area contributed by atoms with E-state index in [0.29, 0.717) is 36.7 Å². The molecule has 2 aliphatic heterocycles. The largest absolute Gasteiger partial charge is 0.342 e. The predicted molar refractivity (Wildman–Crippen MR) is 107 cm³/mol. The number of carbonyl (C=O) groups is 2. The Hall–Kier alpha value is -2.83. The topological polar surface area (TPSA) is 66.4 Å². The highest BCUT2D eigenvalue weighted by atomic mass is 19.1. The molecule has 2 amide bonds. The Morgan fingerprint density at radius 3 is 2.83 bits per heavy atom. The van der Waals surface area contributed by atoms with Crippen molar-refractivity contribution in [2.45, 2.75) is 45.4 Å². The molecule has 0 aliphatic carbocycles. The van der Waals surface area contributed by atoms with Gasteiger partial charge < -0.3 is 4.90 Å². The van der Waals surface area contributed by atoms with E-state index in [0.717, 1.165) is 30.6 Å². The first-order chi connectivity index (χ1) is 13.9. The van der Waals surface area contributed by atoms with Gasteiger partial charge in [0, 0.05) is 43.7 Å². The zero-order valence-corrected chi connectivity index (χ0v) is 16.8. The molecule has 0 N–H and O–H groups in total. The van der Waals surface area contributed by atoms with Crippen molar-refractivity contribution in [1.82, 2.24) is 14.9 Å². The third kappa shape index (κ3) is 3.86. The zero-order chi connectivity index (χ0) is 20.5. The third-order valence-corrected chi connectivity index (χ3v) is 5.89. The maximum atomic E-state index is 14.0. The molecule has 152 valence electrons. The van der Waals surface area contributed by atoms with Crippen LogP contribution in [0, 0.1) is 12.7 Å². The fourth-order valence-electron chi connectivity index (χ4n) is 4.22. The number of halogens is 1. The molecule has 2 aliphatic rings. The molecule has 2 aromatic rings. The fraction of sp³-hybridized carbons (Fsp3) is 0.455. The van der Waals surface area contributed by atoms with E-state index in [4.69, 9.17) is 4.98 Å². The number of hydrogen-bond donors (Lipinski definition) is 0. The van der Waals surface area contributed by atoms with Crippen LogP contribution >= 0.6 is 0 Å². The number of aryl methyl sites for hydroxylation is 1. The summed E-state index contributed by atoms with van der Waals surface area (Å²) in [6, 6.07) is 6.63. The van der Waals surface area contributed by atoms with Gasteiger partial charge in [-0.1, -0.05) is 18.2 Å². The molecule has 1 saturated heterocycles. The predicted octanol–water partition coefficient (Wildman–Crippen LogP) is 2.78. The molecule has 4 rings (SSSR count). The SMILES string of the molecule is CC(=O)N1CCC[C@H](c2nc(C)c3c(n2)N(CCc2ccccc2F)C(=O)C3)C1. The van der Waals surface area contributed by atoms with Gasteiger partial charge in [-0.05, 0) is 37.8 Å². The van der Waals surface area contributed by atoms with E-state index in [-0.39, 0.29) is 30.0 Å². The van der Waals surface area contributed by atoms with Crippen molar-refractivity contribution in [2.24, 2.45) is 0 Å². The van der Waals surface area contributed by atoms with E-state index in [9.17, 15) is 14.0 Å². The number of piperidine rings is 1. The minimum atomic E-state index is -0.259. The maximum absolute atomic E-state index is 14.0. The molecule has 0 unspecified atom stereocenters. The van der Waals surface area contributed by atoms with Crippen LogP contribution < -0.4 is 4.90 Å². The van der Waals surface area contributed by atoms with Crippen LogP contribution in [0.2, 0.25) is 0 Å². The molecule has 1 atom stereocenters. The Bertz CT molecular complexity index is 962. The second kappa shape index (κ2) is 7.89. The van der Waals surface area contributed by atoms with Gasteiger partial charge in [-0.25, -0.2) is 14.4 Å². The summed E-state index contributed by atoms with van der Waals surface area (Å²) in [5, 5.41) is 0. The number of aromatic nitrogens is 2. The summed E-state index contributed by atoms with van der Waals surface area (Å²) >= 11 is 0. The van der Waals surface area contributed by atoms with E-state index in [2.05, 4.69) is 4.98 Å². The Morgan fingerprint density at radius 1 is 1.28 bits per heavy atom. The summed E-state index contributed by atoms with van der Waals surface area (Å²) in [5.41, 5.74) is 2.25. The number of anilines is 1. The molecular weight excluding hydrogens is 371 g/mol. The minimum Gasteiger partial charge on any atom is -0.342 e. The lowest BCUT2D eigenvalue weighted by atomic mass is 9.96. The normalized spacial score (nSPS) is 18.9. The lowest BCUT2D eigenvalue weighted by molar-refractivity contribution is -0.130. The lowest BCUT2D eigenvalue weighted by Gasteiger charge is -2.31. The third-order valence-electron chi connectivity index (χ3n) is 5.89. The first kappa shape index (κ1) is 19.5. The van der Waals surface area contributed by atoms with E-state index >= 15 is 0 Å². The second-order valence-corrected chi connectivity index (χ2v) is 7.84. The van der Waals surface area contributed by atoms with E-state index in [1.165, 1.54) is 6.07 Å². The highest BCUT2D eigenvalue weighted by Gasteiger charge is 2.33. The van der Waals surface area contributed by atoms with Crippen LogP contribution in [0.3, 0.4) is 0 Å². The van der Waals surface area contributed by atoms with E-state index in [1.54, 1.807) is 30.0 Å². The van der Waals surface area contributed by atoms with Crippen molar-refractivity contribution in [3.8, 4) is 0 Å². The number of benzene rings is 1. The molecule has 1 aromatic carbocycles. The first-order valence-electron chi connectivity index (χ1n) is 10.1. The number of amides is 2. The van der Waals surface area contributed by atoms with Crippen LogP contribution in [-0.4, -0.2) is 46.3 Å². The Labute approximate surface area is 169 Å². The quantitative estimate of drug-likeness (QED) is 0.797. The molecule has 0 saturated carbocycles. The molecule has 0 bridgehead atoms. The van der Waals surface area contributed by atoms with Gasteiger partial charge in [-0.2, -0.15) is 0 Å². The first-order valence-corrected chi connectivity index (χ1v) is 10.1. The molecule has 0 radical (unpaired) electrons. The highest BCUT2D eigenvalue weighted by molar-refractivity contribution is 6.00. The molecule has 3 heterocycles. The van der Waals surface area contributed by atoms with Crippen molar-refractivity contribution < 1.29 is 14.0 Å². The molecule has 1 fully saturated rings. The van der Waals surface area contributed by atoms with Gasteiger partial charge in [0.1, 0.15) is 17.5 Å². The van der Waals surface area contributed by atoms with Crippen LogP contribution in [0.5, 0.6) is 0 Å². The van der Waals surface area contributed by atoms with E-state index < -0.39 is 0 Å². The van der Waals surface area contributed by atoms with Crippen molar-refractivity contribution in [2.75, 3.05) is 24.5 Å². The van der Waals surface area contributed by atoms with Crippen LogP contribution in [0.15, 0.2) is 24.3 Å². The molecule has 29 heavy (non-hydrogen) atoms. The van der Waals surface area contributed by atoms with Gasteiger partial charge in [-0.15, -0.1) is 0 Å². The van der Waals surface area contributed by atoms with Crippen molar-refractivity contribution in [1.29, 1.82) is 0 Å². The Balaban J connectivity index is 1.58. The van der Waals surface area contributed by atoms with Crippen LogP contribution in [0.4, 0.5) is 10.2 Å². The summed E-state index contributed by atoms with van der Waals surface area (Å²) in [4.78, 5) is 37.3. The minimum absolute atomic E-state index is 0.0279. The summed E-state index contributed by atoms with van der Waals surface area (Å²) in [6.45, 7) is 5.25. The van der Waals surface area contributed by atoms with Gasteiger partial charge in [0.2, 0.25) is 11.8 Å². The van der Waals surface area contributed by atoms with Crippen LogP contribution in [0.25, 0.3) is 0 Å². The smallest absolute Gasteiger partial charge is 0.232 e. The van der Waals surface area contributed by atoms with Crippen molar-refractivity contribution in [3.05, 3.63) is 52.7 Å².